The fraction of sp³-hybridized carbons (Fsp3) is 0.278. The number of fused-ring (bicyclic) bond motifs is 5. The molecule has 1 aromatic heterocycles. The van der Waals surface area contributed by atoms with Gasteiger partial charge < -0.3 is 9.15 Å². The van der Waals surface area contributed by atoms with Crippen LogP contribution in [-0.4, -0.2) is 5.60 Å². The zero-order valence-electron chi connectivity index (χ0n) is 12.1. The molecule has 3 unspecified atom stereocenters. The molecule has 1 aromatic carbocycles. The van der Waals surface area contributed by atoms with E-state index in [4.69, 9.17) is 20.8 Å². The van der Waals surface area contributed by atoms with E-state index in [0.29, 0.717) is 27.5 Å². The van der Waals surface area contributed by atoms with Gasteiger partial charge >= 0.3 is 0 Å². The molecule has 0 radical (unpaired) electrons. The molecule has 116 valence electrons. The summed E-state index contributed by atoms with van der Waals surface area (Å²) >= 11 is 7.73. The van der Waals surface area contributed by atoms with Crippen molar-refractivity contribution >= 4 is 34.3 Å². The third-order valence-electron chi connectivity index (χ3n) is 4.89. The van der Waals surface area contributed by atoms with Gasteiger partial charge in [0, 0.05) is 10.9 Å². The molecule has 3 nitrogen and oxygen atoms in total. The van der Waals surface area contributed by atoms with Gasteiger partial charge in [-0.2, -0.15) is 0 Å². The number of hydrogen-bond acceptors (Lipinski definition) is 4. The Labute approximate surface area is 142 Å². The van der Waals surface area contributed by atoms with Crippen LogP contribution in [0.2, 0.25) is 5.02 Å². The minimum absolute atomic E-state index is 0.0919. The molecule has 5 heteroatoms. The molecule has 0 amide bonds. The van der Waals surface area contributed by atoms with Gasteiger partial charge in [0.2, 0.25) is 11.2 Å². The lowest BCUT2D eigenvalue weighted by atomic mass is 9.81. The Hall–Kier alpha value is -1.65. The van der Waals surface area contributed by atoms with Gasteiger partial charge in [0.1, 0.15) is 11.2 Å². The molecule has 0 fully saturated rings. The van der Waals surface area contributed by atoms with Crippen LogP contribution in [-0.2, 0) is 0 Å². The highest BCUT2D eigenvalue weighted by Gasteiger charge is 2.52. The molecule has 3 aliphatic rings. The Morgan fingerprint density at radius 1 is 1.35 bits per heavy atom. The predicted octanol–water partition coefficient (Wildman–Crippen LogP) is 4.85. The fourth-order valence-corrected chi connectivity index (χ4v) is 5.16. The van der Waals surface area contributed by atoms with Gasteiger partial charge in [-0.1, -0.05) is 23.8 Å². The molecule has 1 aliphatic carbocycles. The fourth-order valence-electron chi connectivity index (χ4n) is 3.79. The standard InChI is InChI=1S/C18H13ClO3S/c19-10-3-4-13-11(9-10)14(20)15-16(21-13)17-12(5-8-23-17)18(22-15)6-1-2-7-18/h1,3-6,8-9,12,17H,2,7H2. The van der Waals surface area contributed by atoms with Crippen LogP contribution in [0.4, 0.5) is 0 Å². The van der Waals surface area contributed by atoms with Crippen LogP contribution in [0.1, 0.15) is 23.9 Å². The van der Waals surface area contributed by atoms with E-state index in [0.717, 1.165) is 12.8 Å². The van der Waals surface area contributed by atoms with E-state index in [9.17, 15) is 4.79 Å². The van der Waals surface area contributed by atoms with Crippen LogP contribution in [0.15, 0.2) is 51.0 Å². The van der Waals surface area contributed by atoms with Crippen molar-refractivity contribution in [2.45, 2.75) is 23.7 Å². The SMILES string of the molecule is O=c1c2c(oc3ccc(Cl)cc13)C1SC=CC1C1(C=CCC1)O2. The number of thioether (sulfide) groups is 1. The Balaban J connectivity index is 1.80. The summed E-state index contributed by atoms with van der Waals surface area (Å²) in [4.78, 5) is 13.0. The van der Waals surface area contributed by atoms with Gasteiger partial charge in [0.05, 0.1) is 10.6 Å². The molecule has 2 aliphatic heterocycles. The van der Waals surface area contributed by atoms with Crippen molar-refractivity contribution in [1.29, 1.82) is 0 Å². The second-order valence-corrected chi connectivity index (χ2v) is 7.66. The van der Waals surface area contributed by atoms with E-state index < -0.39 is 5.60 Å². The van der Waals surface area contributed by atoms with Crippen molar-refractivity contribution in [1.82, 2.24) is 0 Å². The summed E-state index contributed by atoms with van der Waals surface area (Å²) < 4.78 is 12.3. The van der Waals surface area contributed by atoms with E-state index in [2.05, 4.69) is 23.6 Å². The third kappa shape index (κ3) is 1.82. The predicted molar refractivity (Wildman–Crippen MR) is 92.2 cm³/mol. The van der Waals surface area contributed by atoms with Gasteiger partial charge in [-0.15, -0.1) is 11.8 Å². The summed E-state index contributed by atoms with van der Waals surface area (Å²) in [5.74, 6) is 1.20. The van der Waals surface area contributed by atoms with E-state index in [1.807, 2.05) is 0 Å². The maximum atomic E-state index is 13.0. The summed E-state index contributed by atoms with van der Waals surface area (Å²) in [6.07, 6.45) is 8.30. The number of benzene rings is 1. The molecule has 0 saturated heterocycles. The minimum Gasteiger partial charge on any atom is -0.475 e. The second-order valence-electron chi connectivity index (χ2n) is 6.17. The Morgan fingerprint density at radius 2 is 2.26 bits per heavy atom. The molecule has 1 spiro atoms. The highest BCUT2D eigenvalue weighted by molar-refractivity contribution is 8.02. The molecular weight excluding hydrogens is 332 g/mol. The summed E-state index contributed by atoms with van der Waals surface area (Å²) in [6.45, 7) is 0. The zero-order chi connectivity index (χ0) is 15.6. The third-order valence-corrected chi connectivity index (χ3v) is 6.24. The normalized spacial score (nSPS) is 30.7. The first kappa shape index (κ1) is 13.8. The van der Waals surface area contributed by atoms with E-state index in [-0.39, 0.29) is 16.6 Å². The molecular formula is C18H13ClO3S. The number of hydrogen-bond donors (Lipinski definition) is 0. The molecule has 5 rings (SSSR count). The molecule has 0 N–H and O–H groups in total. The monoisotopic (exact) mass is 344 g/mol. The number of ether oxygens (including phenoxy) is 1. The van der Waals surface area contributed by atoms with Gasteiger partial charge in [-0.25, -0.2) is 0 Å². The number of halogens is 1. The average molecular weight is 345 g/mol. The van der Waals surface area contributed by atoms with Crippen LogP contribution >= 0.6 is 23.4 Å². The summed E-state index contributed by atoms with van der Waals surface area (Å²) in [6, 6.07) is 5.14. The van der Waals surface area contributed by atoms with Crippen molar-refractivity contribution in [2.24, 2.45) is 5.92 Å². The maximum Gasteiger partial charge on any atom is 0.234 e. The average Bonchev–Trinajstić information content (AvgIpc) is 3.20. The maximum absolute atomic E-state index is 13.0. The Morgan fingerprint density at radius 3 is 3.09 bits per heavy atom. The van der Waals surface area contributed by atoms with E-state index in [1.54, 1.807) is 30.0 Å². The molecule has 0 saturated carbocycles. The molecule has 23 heavy (non-hydrogen) atoms. The van der Waals surface area contributed by atoms with Crippen molar-refractivity contribution in [3.8, 4) is 5.75 Å². The Kier molecular flexibility index (Phi) is 2.80. The van der Waals surface area contributed by atoms with E-state index >= 15 is 0 Å². The molecule has 3 atom stereocenters. The second kappa shape index (κ2) is 4.68. The smallest absolute Gasteiger partial charge is 0.234 e. The number of allylic oxidation sites excluding steroid dienone is 1. The van der Waals surface area contributed by atoms with Gasteiger partial charge in [-0.3, -0.25) is 4.79 Å². The topological polar surface area (TPSA) is 39.4 Å². The van der Waals surface area contributed by atoms with Crippen molar-refractivity contribution in [3.05, 3.63) is 62.8 Å². The highest BCUT2D eigenvalue weighted by Crippen LogP contribution is 2.57. The van der Waals surface area contributed by atoms with Crippen molar-refractivity contribution in [2.75, 3.05) is 0 Å². The first-order valence-electron chi connectivity index (χ1n) is 7.63. The lowest BCUT2D eigenvalue weighted by molar-refractivity contribution is 0.0481. The number of rotatable bonds is 0. The largest absolute Gasteiger partial charge is 0.475 e. The molecule has 0 bridgehead atoms. The lowest BCUT2D eigenvalue weighted by Crippen LogP contribution is -2.45. The van der Waals surface area contributed by atoms with Crippen LogP contribution in [0.3, 0.4) is 0 Å². The zero-order valence-corrected chi connectivity index (χ0v) is 13.7. The van der Waals surface area contributed by atoms with Crippen molar-refractivity contribution in [3.63, 3.8) is 0 Å². The quantitative estimate of drug-likeness (QED) is 0.641. The summed E-state index contributed by atoms with van der Waals surface area (Å²) in [7, 11) is 0. The summed E-state index contributed by atoms with van der Waals surface area (Å²) in [5.41, 5.74) is 0.0128. The highest BCUT2D eigenvalue weighted by atomic mass is 35.5. The summed E-state index contributed by atoms with van der Waals surface area (Å²) in [5, 5.41) is 3.18. The van der Waals surface area contributed by atoms with Crippen LogP contribution in [0.25, 0.3) is 11.0 Å². The first-order valence-corrected chi connectivity index (χ1v) is 8.95. The van der Waals surface area contributed by atoms with Crippen LogP contribution in [0.5, 0.6) is 5.75 Å². The van der Waals surface area contributed by atoms with Crippen molar-refractivity contribution < 1.29 is 9.15 Å². The van der Waals surface area contributed by atoms with Gasteiger partial charge in [0.25, 0.3) is 0 Å². The van der Waals surface area contributed by atoms with E-state index in [1.165, 1.54) is 0 Å². The molecule has 3 heterocycles. The minimum atomic E-state index is -0.418. The first-order chi connectivity index (χ1) is 11.2. The Bertz CT molecular complexity index is 945. The van der Waals surface area contributed by atoms with Crippen LogP contribution < -0.4 is 10.2 Å². The lowest BCUT2D eigenvalue weighted by Gasteiger charge is -2.41. The van der Waals surface area contributed by atoms with Crippen LogP contribution in [0, 0.1) is 5.92 Å². The van der Waals surface area contributed by atoms with Gasteiger partial charge in [0.15, 0.2) is 5.76 Å². The van der Waals surface area contributed by atoms with Gasteiger partial charge in [-0.05, 0) is 42.5 Å². The molecule has 2 aromatic rings.